The van der Waals surface area contributed by atoms with Crippen LogP contribution in [0.1, 0.15) is 33.6 Å². The molecular weight excluding hydrogens is 326 g/mol. The summed E-state index contributed by atoms with van der Waals surface area (Å²) >= 11 is 1.52. The van der Waals surface area contributed by atoms with Gasteiger partial charge in [0.1, 0.15) is 0 Å². The van der Waals surface area contributed by atoms with Gasteiger partial charge in [-0.1, -0.05) is 32.9 Å². The van der Waals surface area contributed by atoms with Gasteiger partial charge < -0.3 is 21.1 Å². The number of fused-ring (bicyclic) bond motifs is 1. The van der Waals surface area contributed by atoms with Crippen molar-refractivity contribution in [1.29, 1.82) is 0 Å². The van der Waals surface area contributed by atoms with E-state index >= 15 is 0 Å². The molecule has 1 aliphatic heterocycles. The first-order valence-corrected chi connectivity index (χ1v) is 9.00. The fourth-order valence-corrected chi connectivity index (χ4v) is 3.60. The number of carboxylic acids is 1. The number of nitrogens with one attached hydrogen (secondary N) is 3. The van der Waals surface area contributed by atoms with Crippen LogP contribution in [0.25, 0.3) is 0 Å². The first-order valence-electron chi connectivity index (χ1n) is 8.01. The number of amides is 1. The minimum Gasteiger partial charge on any atom is -0.481 e. The average molecular weight is 351 g/mol. The topological polar surface area (TPSA) is 90.5 Å². The van der Waals surface area contributed by atoms with Crippen molar-refractivity contribution in [3.05, 3.63) is 24.3 Å². The molecule has 2 rings (SSSR count). The fourth-order valence-electron chi connectivity index (χ4n) is 2.38. The number of anilines is 2. The molecule has 0 fully saturated rings. The molecule has 0 aromatic heterocycles. The van der Waals surface area contributed by atoms with Gasteiger partial charge in [0.2, 0.25) is 5.91 Å². The Morgan fingerprint density at radius 1 is 1.21 bits per heavy atom. The lowest BCUT2D eigenvalue weighted by Crippen LogP contribution is -2.41. The molecule has 24 heavy (non-hydrogen) atoms. The SMILES string of the molecule is CC(C)(C)C(=O)NCCCSC1(CC(=O)O)Nc2ccccc2N1. The maximum atomic E-state index is 11.8. The second kappa shape index (κ2) is 7.34. The highest BCUT2D eigenvalue weighted by molar-refractivity contribution is 8.00. The molecule has 6 nitrogen and oxygen atoms in total. The van der Waals surface area contributed by atoms with Gasteiger partial charge in [0.05, 0.1) is 17.8 Å². The predicted octanol–water partition coefficient (Wildman–Crippen LogP) is 2.94. The molecule has 1 aromatic carbocycles. The normalized spacial score (nSPS) is 15.1. The number of carbonyl (C=O) groups is 2. The van der Waals surface area contributed by atoms with E-state index < -0.39 is 16.4 Å². The molecule has 1 amide bonds. The van der Waals surface area contributed by atoms with Crippen LogP contribution < -0.4 is 16.0 Å². The van der Waals surface area contributed by atoms with Gasteiger partial charge in [-0.3, -0.25) is 9.59 Å². The molecule has 0 saturated carbocycles. The molecule has 0 bridgehead atoms. The molecule has 0 aliphatic carbocycles. The van der Waals surface area contributed by atoms with Gasteiger partial charge in [0.15, 0.2) is 4.99 Å². The highest BCUT2D eigenvalue weighted by atomic mass is 32.2. The van der Waals surface area contributed by atoms with Crippen LogP contribution in [-0.4, -0.2) is 34.3 Å². The highest BCUT2D eigenvalue weighted by Gasteiger charge is 2.38. The van der Waals surface area contributed by atoms with Crippen molar-refractivity contribution in [3.63, 3.8) is 0 Å². The Morgan fingerprint density at radius 3 is 2.29 bits per heavy atom. The van der Waals surface area contributed by atoms with Crippen LogP contribution in [0.5, 0.6) is 0 Å². The molecule has 7 heteroatoms. The van der Waals surface area contributed by atoms with Gasteiger partial charge in [-0.2, -0.15) is 0 Å². The standard InChI is InChI=1S/C17H25N3O3S/c1-16(2,3)15(23)18-9-6-10-24-17(11-14(21)22)19-12-7-4-5-8-13(12)20-17/h4-5,7-8,19-20H,6,9-11H2,1-3H3,(H,18,23)(H,21,22). The van der Waals surface area contributed by atoms with E-state index in [9.17, 15) is 14.7 Å². The van der Waals surface area contributed by atoms with Crippen LogP contribution >= 0.6 is 11.8 Å². The summed E-state index contributed by atoms with van der Waals surface area (Å²) in [7, 11) is 0. The number of benzene rings is 1. The number of carboxylic acid groups (broad SMARTS) is 1. The summed E-state index contributed by atoms with van der Waals surface area (Å²) in [5.41, 5.74) is 1.42. The summed E-state index contributed by atoms with van der Waals surface area (Å²) in [6, 6.07) is 7.68. The van der Waals surface area contributed by atoms with E-state index in [-0.39, 0.29) is 12.3 Å². The maximum absolute atomic E-state index is 11.8. The highest BCUT2D eigenvalue weighted by Crippen LogP contribution is 2.41. The number of carbonyl (C=O) groups excluding carboxylic acids is 1. The summed E-state index contributed by atoms with van der Waals surface area (Å²) in [6.45, 7) is 6.22. The smallest absolute Gasteiger partial charge is 0.308 e. The Balaban J connectivity index is 1.86. The van der Waals surface area contributed by atoms with E-state index in [1.807, 2.05) is 45.0 Å². The van der Waals surface area contributed by atoms with E-state index in [4.69, 9.17) is 0 Å². The van der Waals surface area contributed by atoms with Gasteiger partial charge in [0.25, 0.3) is 0 Å². The molecule has 1 heterocycles. The van der Waals surface area contributed by atoms with Crippen molar-refractivity contribution in [2.45, 2.75) is 38.6 Å². The molecule has 1 aliphatic rings. The van der Waals surface area contributed by atoms with Crippen LogP contribution in [-0.2, 0) is 9.59 Å². The van der Waals surface area contributed by atoms with E-state index in [0.717, 1.165) is 23.5 Å². The van der Waals surface area contributed by atoms with Gasteiger partial charge in [-0.25, -0.2) is 0 Å². The number of aliphatic carboxylic acids is 1. The van der Waals surface area contributed by atoms with Crippen molar-refractivity contribution in [3.8, 4) is 0 Å². The minimum absolute atomic E-state index is 0.0253. The lowest BCUT2D eigenvalue weighted by molar-refractivity contribution is -0.137. The molecule has 1 aromatic rings. The number of hydrogen-bond acceptors (Lipinski definition) is 5. The van der Waals surface area contributed by atoms with Gasteiger partial charge >= 0.3 is 5.97 Å². The van der Waals surface area contributed by atoms with Crippen molar-refractivity contribution in [2.75, 3.05) is 22.9 Å². The Bertz CT molecular complexity index is 588. The van der Waals surface area contributed by atoms with Crippen molar-refractivity contribution in [2.24, 2.45) is 5.41 Å². The predicted molar refractivity (Wildman–Crippen MR) is 98.2 cm³/mol. The van der Waals surface area contributed by atoms with Crippen LogP contribution in [0.15, 0.2) is 24.3 Å². The second-order valence-electron chi connectivity index (χ2n) is 6.90. The number of hydrogen-bond donors (Lipinski definition) is 4. The molecule has 0 saturated heterocycles. The summed E-state index contributed by atoms with van der Waals surface area (Å²) < 4.78 is 0. The molecular formula is C17H25N3O3S. The largest absolute Gasteiger partial charge is 0.481 e. The van der Waals surface area contributed by atoms with E-state index in [2.05, 4.69) is 16.0 Å². The van der Waals surface area contributed by atoms with Crippen molar-refractivity contribution in [1.82, 2.24) is 5.32 Å². The van der Waals surface area contributed by atoms with Crippen LogP contribution in [0.3, 0.4) is 0 Å². The zero-order valence-electron chi connectivity index (χ0n) is 14.3. The zero-order valence-corrected chi connectivity index (χ0v) is 15.1. The van der Waals surface area contributed by atoms with E-state index in [1.54, 1.807) is 0 Å². The minimum atomic E-state index is -0.864. The molecule has 0 atom stereocenters. The molecule has 132 valence electrons. The van der Waals surface area contributed by atoms with Crippen LogP contribution in [0.4, 0.5) is 11.4 Å². The summed E-state index contributed by atoms with van der Waals surface area (Å²) in [5, 5.41) is 18.7. The Kier molecular flexibility index (Phi) is 5.64. The van der Waals surface area contributed by atoms with E-state index in [1.165, 1.54) is 11.8 Å². The number of para-hydroxylation sites is 2. The number of thioether (sulfide) groups is 1. The van der Waals surface area contributed by atoms with Crippen LogP contribution in [0.2, 0.25) is 0 Å². The summed E-state index contributed by atoms with van der Waals surface area (Å²) in [6.07, 6.45) is 0.730. The summed E-state index contributed by atoms with van der Waals surface area (Å²) in [5.74, 6) is -0.111. The number of rotatable bonds is 7. The fraction of sp³-hybridized carbons (Fsp3) is 0.529. The maximum Gasteiger partial charge on any atom is 0.308 e. The van der Waals surface area contributed by atoms with E-state index in [0.29, 0.717) is 6.54 Å². The molecule has 0 unspecified atom stereocenters. The van der Waals surface area contributed by atoms with Gasteiger partial charge in [-0.15, -0.1) is 11.8 Å². The average Bonchev–Trinajstić information content (AvgIpc) is 2.82. The third-order valence-electron chi connectivity index (χ3n) is 3.64. The van der Waals surface area contributed by atoms with Gasteiger partial charge in [-0.05, 0) is 24.3 Å². The Morgan fingerprint density at radius 2 is 1.79 bits per heavy atom. The van der Waals surface area contributed by atoms with Crippen molar-refractivity contribution < 1.29 is 14.7 Å². The molecule has 0 spiro atoms. The zero-order chi connectivity index (χ0) is 17.8. The lowest BCUT2D eigenvalue weighted by Gasteiger charge is -2.28. The summed E-state index contributed by atoms with van der Waals surface area (Å²) in [4.78, 5) is 22.3. The third-order valence-corrected chi connectivity index (χ3v) is 4.97. The molecule has 0 radical (unpaired) electrons. The Hall–Kier alpha value is -1.89. The van der Waals surface area contributed by atoms with Gasteiger partial charge in [0, 0.05) is 12.0 Å². The van der Waals surface area contributed by atoms with Crippen LogP contribution in [0, 0.1) is 5.41 Å². The quantitative estimate of drug-likeness (QED) is 0.565. The molecule has 4 N–H and O–H groups in total. The first kappa shape index (κ1) is 18.4. The monoisotopic (exact) mass is 351 g/mol. The third kappa shape index (κ3) is 4.80. The second-order valence-corrected chi connectivity index (χ2v) is 8.29. The van der Waals surface area contributed by atoms with Crippen molar-refractivity contribution >= 4 is 35.0 Å². The lowest BCUT2D eigenvalue weighted by atomic mass is 9.96. The first-order chi connectivity index (χ1) is 11.2. The Labute approximate surface area is 146 Å².